The van der Waals surface area contributed by atoms with E-state index in [-0.39, 0.29) is 11.8 Å². The van der Waals surface area contributed by atoms with Gasteiger partial charge in [0.2, 0.25) is 5.91 Å². The topological polar surface area (TPSA) is 29.1 Å². The van der Waals surface area contributed by atoms with Crippen molar-refractivity contribution >= 4 is 5.91 Å². The van der Waals surface area contributed by atoms with Gasteiger partial charge in [-0.1, -0.05) is 99.4 Å². The van der Waals surface area contributed by atoms with Gasteiger partial charge in [0.05, 0.1) is 0 Å². The average Bonchev–Trinajstić information content (AvgIpc) is 3.36. The average molecular weight is 500 g/mol. The minimum absolute atomic E-state index is 0.132. The zero-order valence-electron chi connectivity index (χ0n) is 25.6. The summed E-state index contributed by atoms with van der Waals surface area (Å²) < 4.78 is 0. The zero-order valence-corrected chi connectivity index (χ0v) is 25.6. The van der Waals surface area contributed by atoms with Gasteiger partial charge in [0.1, 0.15) is 0 Å². The molecule has 36 heavy (non-hydrogen) atoms. The standard InChI is InChI=1S/C26H39NO.C4H10.2C2H6/c1-4-6-7-8-9-20-10-11-22-17-23(13-12-21(22)16-20)24-14-15-25(18-24)27-26(28)19(3)5-2;1-4(2)3;2*1-2/h4,12-13,17,19-20,24-25H,1,5-11,14-16,18H2,2-3H3,(H,27,28);4H,1-3H3;2*1-2H3/t19?,20-,24?,25?;;;/m0.../s1. The van der Waals surface area contributed by atoms with Crippen LogP contribution in [0.3, 0.4) is 0 Å². The molecular weight excluding hydrogens is 438 g/mol. The fraction of sp³-hybridized carbons (Fsp3) is 0.735. The Kier molecular flexibility index (Phi) is 19.6. The number of benzene rings is 1. The predicted octanol–water partition coefficient (Wildman–Crippen LogP) is 10.1. The Morgan fingerprint density at radius 1 is 1.03 bits per heavy atom. The van der Waals surface area contributed by atoms with Crippen molar-refractivity contribution in [2.24, 2.45) is 17.8 Å². The van der Waals surface area contributed by atoms with Gasteiger partial charge in [-0.15, -0.1) is 6.58 Å². The number of nitrogens with one attached hydrogen (secondary N) is 1. The van der Waals surface area contributed by atoms with Gasteiger partial charge in [-0.2, -0.15) is 0 Å². The molecule has 1 aromatic carbocycles. The van der Waals surface area contributed by atoms with E-state index in [1.165, 1.54) is 50.5 Å². The molecule has 1 N–H and O–H groups in total. The number of rotatable bonds is 9. The zero-order chi connectivity index (χ0) is 27.5. The van der Waals surface area contributed by atoms with Crippen molar-refractivity contribution in [2.75, 3.05) is 0 Å². The van der Waals surface area contributed by atoms with Gasteiger partial charge in [-0.05, 0) is 92.2 Å². The quantitative estimate of drug-likeness (QED) is 0.266. The number of unbranched alkanes of at least 4 members (excludes halogenated alkanes) is 2. The third-order valence-corrected chi connectivity index (χ3v) is 7.14. The van der Waals surface area contributed by atoms with E-state index in [1.54, 1.807) is 11.1 Å². The summed E-state index contributed by atoms with van der Waals surface area (Å²) >= 11 is 0. The Morgan fingerprint density at radius 2 is 1.69 bits per heavy atom. The van der Waals surface area contributed by atoms with Crippen LogP contribution in [0.25, 0.3) is 0 Å². The summed E-state index contributed by atoms with van der Waals surface area (Å²) in [4.78, 5) is 12.2. The molecule has 0 radical (unpaired) electrons. The summed E-state index contributed by atoms with van der Waals surface area (Å²) in [6.45, 7) is 22.4. The molecular formula is C34H61NO. The van der Waals surface area contributed by atoms with E-state index >= 15 is 0 Å². The van der Waals surface area contributed by atoms with Gasteiger partial charge in [0.15, 0.2) is 0 Å². The predicted molar refractivity (Wildman–Crippen MR) is 162 cm³/mol. The number of allylic oxidation sites excluding steroid dienone is 1. The maximum atomic E-state index is 12.2. The SMILES string of the molecule is C=CCCCC[C@H]1CCc2cc(C3CCC(NC(=O)C(C)CC)C3)ccc2C1.CC.CC.CC(C)C. The number of carbonyl (C=O) groups is 1. The minimum atomic E-state index is 0.132. The first kappa shape index (κ1) is 34.4. The van der Waals surface area contributed by atoms with Crippen LogP contribution in [-0.4, -0.2) is 11.9 Å². The molecule has 2 nitrogen and oxygen atoms in total. The Morgan fingerprint density at radius 3 is 2.31 bits per heavy atom. The summed E-state index contributed by atoms with van der Waals surface area (Å²) in [7, 11) is 0. The lowest BCUT2D eigenvalue weighted by Crippen LogP contribution is -2.36. The highest BCUT2D eigenvalue weighted by Crippen LogP contribution is 2.37. The fourth-order valence-electron chi connectivity index (χ4n) is 5.02. The second-order valence-electron chi connectivity index (χ2n) is 11.0. The Bertz CT molecular complexity index is 704. The van der Waals surface area contributed by atoms with Crippen LogP contribution >= 0.6 is 0 Å². The smallest absolute Gasteiger partial charge is 0.223 e. The summed E-state index contributed by atoms with van der Waals surface area (Å²) in [5.74, 6) is 2.68. The molecule has 1 amide bonds. The van der Waals surface area contributed by atoms with Crippen molar-refractivity contribution < 1.29 is 4.79 Å². The van der Waals surface area contributed by atoms with Crippen molar-refractivity contribution in [3.05, 3.63) is 47.5 Å². The number of hydrogen-bond donors (Lipinski definition) is 1. The largest absolute Gasteiger partial charge is 0.353 e. The maximum absolute atomic E-state index is 12.2. The van der Waals surface area contributed by atoms with Gasteiger partial charge < -0.3 is 5.32 Å². The monoisotopic (exact) mass is 499 g/mol. The third-order valence-electron chi connectivity index (χ3n) is 7.14. The first-order chi connectivity index (χ1) is 17.3. The molecule has 1 saturated carbocycles. The van der Waals surface area contributed by atoms with E-state index in [1.807, 2.05) is 40.7 Å². The molecule has 4 atom stereocenters. The highest BCUT2D eigenvalue weighted by atomic mass is 16.1. The van der Waals surface area contributed by atoms with Crippen LogP contribution in [0.5, 0.6) is 0 Å². The van der Waals surface area contributed by atoms with Crippen molar-refractivity contribution in [1.29, 1.82) is 0 Å². The molecule has 0 aliphatic heterocycles. The minimum Gasteiger partial charge on any atom is -0.353 e. The molecule has 1 fully saturated rings. The van der Waals surface area contributed by atoms with E-state index in [0.29, 0.717) is 12.0 Å². The molecule has 0 saturated heterocycles. The number of carbonyl (C=O) groups excluding carboxylic acids is 1. The molecule has 1 aromatic rings. The number of fused-ring (bicyclic) bond motifs is 1. The van der Waals surface area contributed by atoms with Crippen molar-refractivity contribution in [2.45, 2.75) is 145 Å². The van der Waals surface area contributed by atoms with E-state index in [2.05, 4.69) is 57.8 Å². The van der Waals surface area contributed by atoms with Gasteiger partial charge in [0, 0.05) is 12.0 Å². The van der Waals surface area contributed by atoms with Gasteiger partial charge in [-0.25, -0.2) is 0 Å². The van der Waals surface area contributed by atoms with Crippen LogP contribution in [0.4, 0.5) is 0 Å². The van der Waals surface area contributed by atoms with Crippen LogP contribution in [0.1, 0.15) is 143 Å². The molecule has 0 bridgehead atoms. The fourth-order valence-corrected chi connectivity index (χ4v) is 5.02. The highest BCUT2D eigenvalue weighted by Gasteiger charge is 2.29. The van der Waals surface area contributed by atoms with Crippen LogP contribution < -0.4 is 5.32 Å². The first-order valence-corrected chi connectivity index (χ1v) is 15.4. The molecule has 3 rings (SSSR count). The molecule has 2 aliphatic carbocycles. The molecule has 0 spiro atoms. The van der Waals surface area contributed by atoms with Gasteiger partial charge in [0.25, 0.3) is 0 Å². The molecule has 3 unspecified atom stereocenters. The Hall–Kier alpha value is -1.57. The highest BCUT2D eigenvalue weighted by molar-refractivity contribution is 5.78. The Labute approximate surface area is 226 Å². The normalized spacial score (nSPS) is 20.9. The van der Waals surface area contributed by atoms with Crippen LogP contribution in [-0.2, 0) is 17.6 Å². The molecule has 0 aromatic heterocycles. The summed E-state index contributed by atoms with van der Waals surface area (Å²) in [6.07, 6.45) is 15.4. The second kappa shape index (κ2) is 20.5. The van der Waals surface area contributed by atoms with Crippen LogP contribution in [0, 0.1) is 17.8 Å². The number of amides is 1. The molecule has 2 aliphatic rings. The van der Waals surface area contributed by atoms with E-state index < -0.39 is 0 Å². The lowest BCUT2D eigenvalue weighted by atomic mass is 9.80. The third kappa shape index (κ3) is 13.1. The lowest BCUT2D eigenvalue weighted by Gasteiger charge is -2.26. The maximum Gasteiger partial charge on any atom is 0.223 e. The van der Waals surface area contributed by atoms with Crippen LogP contribution in [0.2, 0.25) is 0 Å². The molecule has 0 heterocycles. The molecule has 2 heteroatoms. The summed E-state index contributed by atoms with van der Waals surface area (Å²) in [5, 5.41) is 3.28. The van der Waals surface area contributed by atoms with Crippen molar-refractivity contribution in [1.82, 2.24) is 5.32 Å². The number of aryl methyl sites for hydroxylation is 1. The van der Waals surface area contributed by atoms with Crippen molar-refractivity contribution in [3.8, 4) is 0 Å². The molecule has 208 valence electrons. The summed E-state index contributed by atoms with van der Waals surface area (Å²) in [6, 6.07) is 7.64. The van der Waals surface area contributed by atoms with E-state index in [9.17, 15) is 4.79 Å². The second-order valence-corrected chi connectivity index (χ2v) is 11.0. The Balaban J connectivity index is 0.00000137. The summed E-state index contributed by atoms with van der Waals surface area (Å²) in [5.41, 5.74) is 4.68. The van der Waals surface area contributed by atoms with Crippen molar-refractivity contribution in [3.63, 3.8) is 0 Å². The lowest BCUT2D eigenvalue weighted by molar-refractivity contribution is -0.125. The van der Waals surface area contributed by atoms with Gasteiger partial charge >= 0.3 is 0 Å². The van der Waals surface area contributed by atoms with Gasteiger partial charge in [-0.3, -0.25) is 4.79 Å². The van der Waals surface area contributed by atoms with Crippen LogP contribution in [0.15, 0.2) is 30.9 Å². The number of hydrogen-bond acceptors (Lipinski definition) is 1. The first-order valence-electron chi connectivity index (χ1n) is 15.4. The van der Waals surface area contributed by atoms with E-state index in [0.717, 1.165) is 37.5 Å². The van der Waals surface area contributed by atoms with E-state index in [4.69, 9.17) is 0 Å².